The van der Waals surface area contributed by atoms with Crippen LogP contribution in [-0.4, -0.2) is 43.4 Å². The third kappa shape index (κ3) is 2.91. The summed E-state index contributed by atoms with van der Waals surface area (Å²) in [7, 11) is 3.33. The normalized spacial score (nSPS) is 12.8. The zero-order valence-electron chi connectivity index (χ0n) is 9.84. The van der Waals surface area contributed by atoms with E-state index in [9.17, 15) is 0 Å². The van der Waals surface area contributed by atoms with E-state index in [4.69, 9.17) is 9.47 Å². The lowest BCUT2D eigenvalue weighted by molar-refractivity contribution is 0.0365. The van der Waals surface area contributed by atoms with Crippen molar-refractivity contribution in [2.45, 2.75) is 6.10 Å². The highest BCUT2D eigenvalue weighted by Crippen LogP contribution is 2.23. The Bertz CT molecular complexity index is 474. The predicted octanol–water partition coefficient (Wildman–Crippen LogP) is 1.76. The molecule has 0 bridgehead atoms. The number of aromatic nitrogens is 2. The molecule has 0 spiro atoms. The van der Waals surface area contributed by atoms with Crippen LogP contribution >= 0.6 is 11.3 Å². The van der Waals surface area contributed by atoms with Gasteiger partial charge in [-0.1, -0.05) is 0 Å². The second-order valence-electron chi connectivity index (χ2n) is 3.56. The Morgan fingerprint density at radius 2 is 2.29 bits per heavy atom. The zero-order valence-corrected chi connectivity index (χ0v) is 10.7. The number of nitrogens with one attached hydrogen (secondary N) is 1. The molecule has 5 nitrogen and oxygen atoms in total. The monoisotopic (exact) mass is 253 g/mol. The average Bonchev–Trinajstić information content (AvgIpc) is 2.83. The van der Waals surface area contributed by atoms with E-state index in [1.54, 1.807) is 31.9 Å². The number of thiophene rings is 1. The fourth-order valence-corrected chi connectivity index (χ4v) is 2.27. The SMILES string of the molecule is COCC(CNc1ncnc2sccc12)OC. The summed E-state index contributed by atoms with van der Waals surface area (Å²) in [6.07, 6.45) is 1.59. The number of ether oxygens (including phenoxy) is 2. The van der Waals surface area contributed by atoms with Gasteiger partial charge in [0.25, 0.3) is 0 Å². The summed E-state index contributed by atoms with van der Waals surface area (Å²) in [6, 6.07) is 2.01. The van der Waals surface area contributed by atoms with E-state index < -0.39 is 0 Å². The van der Waals surface area contributed by atoms with Crippen LogP contribution in [0.1, 0.15) is 0 Å². The molecule has 17 heavy (non-hydrogen) atoms. The van der Waals surface area contributed by atoms with Crippen molar-refractivity contribution in [3.8, 4) is 0 Å². The molecule has 2 rings (SSSR count). The van der Waals surface area contributed by atoms with Gasteiger partial charge < -0.3 is 14.8 Å². The number of anilines is 1. The third-order valence-electron chi connectivity index (χ3n) is 2.44. The number of rotatable bonds is 6. The van der Waals surface area contributed by atoms with Gasteiger partial charge in [-0.15, -0.1) is 11.3 Å². The van der Waals surface area contributed by atoms with Gasteiger partial charge in [0.05, 0.1) is 18.1 Å². The van der Waals surface area contributed by atoms with Crippen LogP contribution in [0.4, 0.5) is 5.82 Å². The van der Waals surface area contributed by atoms with Crippen LogP contribution in [0, 0.1) is 0 Å². The van der Waals surface area contributed by atoms with Crippen LogP contribution in [0.15, 0.2) is 17.8 Å². The minimum atomic E-state index is 0.0173. The molecule has 0 aliphatic carbocycles. The van der Waals surface area contributed by atoms with Gasteiger partial charge in [0, 0.05) is 20.8 Å². The first-order valence-electron chi connectivity index (χ1n) is 5.29. The van der Waals surface area contributed by atoms with Crippen molar-refractivity contribution in [3.63, 3.8) is 0 Å². The quantitative estimate of drug-likeness (QED) is 0.850. The first-order valence-corrected chi connectivity index (χ1v) is 6.17. The Balaban J connectivity index is 2.05. The second-order valence-corrected chi connectivity index (χ2v) is 4.45. The van der Waals surface area contributed by atoms with Gasteiger partial charge in [0.15, 0.2) is 0 Å². The second kappa shape index (κ2) is 5.90. The number of hydrogen-bond acceptors (Lipinski definition) is 6. The largest absolute Gasteiger partial charge is 0.382 e. The first-order chi connectivity index (χ1) is 8.35. The molecule has 1 N–H and O–H groups in total. The van der Waals surface area contributed by atoms with Crippen molar-refractivity contribution in [1.29, 1.82) is 0 Å². The van der Waals surface area contributed by atoms with Crippen LogP contribution < -0.4 is 5.32 Å². The topological polar surface area (TPSA) is 56.3 Å². The molecule has 0 radical (unpaired) electrons. The predicted molar refractivity (Wildman–Crippen MR) is 68.6 cm³/mol. The fraction of sp³-hybridized carbons (Fsp3) is 0.455. The number of nitrogens with zero attached hydrogens (tertiary/aromatic N) is 2. The van der Waals surface area contributed by atoms with Gasteiger partial charge in [0.1, 0.15) is 17.0 Å². The molecule has 92 valence electrons. The highest BCUT2D eigenvalue weighted by atomic mass is 32.1. The Morgan fingerprint density at radius 1 is 1.41 bits per heavy atom. The molecule has 2 aromatic heterocycles. The Hall–Kier alpha value is -1.24. The van der Waals surface area contributed by atoms with Crippen molar-refractivity contribution in [3.05, 3.63) is 17.8 Å². The smallest absolute Gasteiger partial charge is 0.138 e. The molecule has 0 saturated heterocycles. The summed E-state index contributed by atoms with van der Waals surface area (Å²) in [5.41, 5.74) is 0. The van der Waals surface area contributed by atoms with E-state index in [0.29, 0.717) is 13.2 Å². The van der Waals surface area contributed by atoms with Gasteiger partial charge >= 0.3 is 0 Å². The average molecular weight is 253 g/mol. The maximum absolute atomic E-state index is 5.28. The molecule has 0 aromatic carbocycles. The van der Waals surface area contributed by atoms with Crippen molar-refractivity contribution in [2.75, 3.05) is 32.7 Å². The lowest BCUT2D eigenvalue weighted by atomic mass is 10.3. The summed E-state index contributed by atoms with van der Waals surface area (Å²) < 4.78 is 10.3. The van der Waals surface area contributed by atoms with Crippen molar-refractivity contribution < 1.29 is 9.47 Å². The summed E-state index contributed by atoms with van der Waals surface area (Å²) in [4.78, 5) is 9.42. The molecular weight excluding hydrogens is 238 g/mol. The van der Waals surface area contributed by atoms with Crippen LogP contribution in [0.25, 0.3) is 10.2 Å². The molecule has 0 aliphatic heterocycles. The summed E-state index contributed by atoms with van der Waals surface area (Å²) in [5, 5.41) is 6.31. The number of methoxy groups -OCH3 is 2. The Kier molecular flexibility index (Phi) is 4.24. The van der Waals surface area contributed by atoms with Gasteiger partial charge in [-0.25, -0.2) is 9.97 Å². The molecular formula is C11H15N3O2S. The molecule has 0 saturated carbocycles. The Labute approximate surface area is 104 Å². The lowest BCUT2D eigenvalue weighted by Gasteiger charge is -2.15. The highest BCUT2D eigenvalue weighted by Gasteiger charge is 2.09. The first kappa shape index (κ1) is 12.2. The van der Waals surface area contributed by atoms with Gasteiger partial charge in [-0.3, -0.25) is 0 Å². The summed E-state index contributed by atoms with van der Waals surface area (Å²) in [6.45, 7) is 1.22. The minimum Gasteiger partial charge on any atom is -0.382 e. The van der Waals surface area contributed by atoms with Crippen LogP contribution in [0.2, 0.25) is 0 Å². The molecule has 0 amide bonds. The third-order valence-corrected chi connectivity index (χ3v) is 3.27. The maximum Gasteiger partial charge on any atom is 0.138 e. The van der Waals surface area contributed by atoms with Crippen LogP contribution in [-0.2, 0) is 9.47 Å². The lowest BCUT2D eigenvalue weighted by Crippen LogP contribution is -2.26. The van der Waals surface area contributed by atoms with E-state index in [-0.39, 0.29) is 6.10 Å². The van der Waals surface area contributed by atoms with Crippen molar-refractivity contribution in [2.24, 2.45) is 0 Å². The van der Waals surface area contributed by atoms with E-state index in [0.717, 1.165) is 16.0 Å². The molecule has 0 fully saturated rings. The van der Waals surface area contributed by atoms with Crippen LogP contribution in [0.3, 0.4) is 0 Å². The maximum atomic E-state index is 5.28. The molecule has 0 aliphatic rings. The van der Waals surface area contributed by atoms with Crippen LogP contribution in [0.5, 0.6) is 0 Å². The summed E-state index contributed by atoms with van der Waals surface area (Å²) in [5.74, 6) is 0.842. The number of fused-ring (bicyclic) bond motifs is 1. The molecule has 2 heterocycles. The van der Waals surface area contributed by atoms with E-state index in [2.05, 4.69) is 15.3 Å². The van der Waals surface area contributed by atoms with Gasteiger partial charge in [-0.05, 0) is 11.4 Å². The molecule has 6 heteroatoms. The highest BCUT2D eigenvalue weighted by molar-refractivity contribution is 7.16. The molecule has 1 atom stereocenters. The standard InChI is InChI=1S/C11H15N3O2S/c1-15-6-8(16-2)5-12-10-9-3-4-17-11(9)14-7-13-10/h3-4,7-8H,5-6H2,1-2H3,(H,12,13,14). The van der Waals surface area contributed by atoms with Crippen molar-refractivity contribution >= 4 is 27.4 Å². The van der Waals surface area contributed by atoms with E-state index in [1.807, 2.05) is 11.4 Å². The van der Waals surface area contributed by atoms with Gasteiger partial charge in [0.2, 0.25) is 0 Å². The molecule has 1 unspecified atom stereocenters. The Morgan fingerprint density at radius 3 is 3.06 bits per heavy atom. The fourth-order valence-electron chi connectivity index (χ4n) is 1.54. The zero-order chi connectivity index (χ0) is 12.1. The van der Waals surface area contributed by atoms with Gasteiger partial charge in [-0.2, -0.15) is 0 Å². The van der Waals surface area contributed by atoms with E-state index >= 15 is 0 Å². The van der Waals surface area contributed by atoms with Crippen molar-refractivity contribution in [1.82, 2.24) is 9.97 Å². The van der Waals surface area contributed by atoms with E-state index in [1.165, 1.54) is 0 Å². The minimum absolute atomic E-state index is 0.0173. The summed E-state index contributed by atoms with van der Waals surface area (Å²) >= 11 is 1.60. The number of hydrogen-bond donors (Lipinski definition) is 1. The molecule has 2 aromatic rings.